The fourth-order valence-electron chi connectivity index (χ4n) is 2.56. The Morgan fingerprint density at radius 1 is 1.00 bits per heavy atom. The van der Waals surface area contributed by atoms with Crippen LogP contribution in [0.1, 0.15) is 27.8 Å². The quantitative estimate of drug-likeness (QED) is 0.661. The van der Waals surface area contributed by atoms with Gasteiger partial charge in [0, 0.05) is 12.7 Å². The van der Waals surface area contributed by atoms with Crippen molar-refractivity contribution < 1.29 is 14.3 Å². The van der Waals surface area contributed by atoms with Crippen LogP contribution in [0.2, 0.25) is 0 Å². The van der Waals surface area contributed by atoms with Crippen molar-refractivity contribution in [1.29, 1.82) is 0 Å². The SMILES string of the molecule is CCOC(=O)c1ccccc1NC(=O)c1cnc(N(C)c2ccccc2)cn1. The lowest BCUT2D eigenvalue weighted by molar-refractivity contribution is 0.0527. The summed E-state index contributed by atoms with van der Waals surface area (Å²) in [7, 11) is 1.87. The molecule has 1 amide bonds. The number of hydrogen-bond donors (Lipinski definition) is 1. The molecule has 0 bridgehead atoms. The monoisotopic (exact) mass is 376 g/mol. The van der Waals surface area contributed by atoms with Crippen LogP contribution >= 0.6 is 0 Å². The highest BCUT2D eigenvalue weighted by Gasteiger charge is 2.16. The fraction of sp³-hybridized carbons (Fsp3) is 0.143. The summed E-state index contributed by atoms with van der Waals surface area (Å²) in [6, 6.07) is 16.4. The molecular weight excluding hydrogens is 356 g/mol. The number of nitrogens with zero attached hydrogens (tertiary/aromatic N) is 3. The highest BCUT2D eigenvalue weighted by atomic mass is 16.5. The number of anilines is 3. The first-order valence-electron chi connectivity index (χ1n) is 8.78. The van der Waals surface area contributed by atoms with Crippen LogP contribution in [0.3, 0.4) is 0 Å². The maximum absolute atomic E-state index is 12.5. The molecule has 142 valence electrons. The van der Waals surface area contributed by atoms with Gasteiger partial charge in [0.05, 0.1) is 30.3 Å². The van der Waals surface area contributed by atoms with E-state index in [0.29, 0.717) is 11.5 Å². The van der Waals surface area contributed by atoms with E-state index in [1.807, 2.05) is 42.3 Å². The number of esters is 1. The molecule has 0 aliphatic carbocycles. The standard InChI is InChI=1S/C21H20N4O3/c1-3-28-21(27)16-11-7-8-12-17(16)24-20(26)18-13-23-19(14-22-18)25(2)15-9-5-4-6-10-15/h4-14H,3H2,1-2H3,(H,24,26). The molecule has 0 fully saturated rings. The van der Waals surface area contributed by atoms with E-state index < -0.39 is 11.9 Å². The average molecular weight is 376 g/mol. The third-order valence-corrected chi connectivity index (χ3v) is 4.03. The zero-order chi connectivity index (χ0) is 19.9. The van der Waals surface area contributed by atoms with E-state index in [1.54, 1.807) is 31.2 Å². The third kappa shape index (κ3) is 4.32. The molecule has 0 saturated heterocycles. The van der Waals surface area contributed by atoms with E-state index in [0.717, 1.165) is 5.69 Å². The number of carbonyl (C=O) groups excluding carboxylic acids is 2. The molecule has 28 heavy (non-hydrogen) atoms. The van der Waals surface area contributed by atoms with Crippen molar-refractivity contribution in [2.24, 2.45) is 0 Å². The molecule has 0 spiro atoms. The van der Waals surface area contributed by atoms with Crippen molar-refractivity contribution in [2.75, 3.05) is 23.9 Å². The highest BCUT2D eigenvalue weighted by molar-refractivity contribution is 6.07. The van der Waals surface area contributed by atoms with Crippen LogP contribution < -0.4 is 10.2 Å². The van der Waals surface area contributed by atoms with Crippen LogP contribution in [0.15, 0.2) is 67.0 Å². The minimum atomic E-state index is -0.496. The lowest BCUT2D eigenvalue weighted by Gasteiger charge is -2.17. The van der Waals surface area contributed by atoms with Gasteiger partial charge in [0.1, 0.15) is 5.69 Å². The van der Waals surface area contributed by atoms with Gasteiger partial charge in [-0.15, -0.1) is 0 Å². The zero-order valence-electron chi connectivity index (χ0n) is 15.6. The third-order valence-electron chi connectivity index (χ3n) is 4.03. The molecule has 2 aromatic carbocycles. The predicted molar refractivity (Wildman–Crippen MR) is 107 cm³/mol. The van der Waals surface area contributed by atoms with Crippen molar-refractivity contribution in [1.82, 2.24) is 9.97 Å². The number of nitrogens with one attached hydrogen (secondary N) is 1. The van der Waals surface area contributed by atoms with Gasteiger partial charge in [-0.3, -0.25) is 4.79 Å². The molecule has 0 aliphatic heterocycles. The summed E-state index contributed by atoms with van der Waals surface area (Å²) in [6.45, 7) is 1.98. The Hall–Kier alpha value is -3.74. The first-order chi connectivity index (χ1) is 13.6. The lowest BCUT2D eigenvalue weighted by atomic mass is 10.1. The molecule has 0 aliphatic rings. The number of amides is 1. The number of rotatable bonds is 6. The molecule has 1 heterocycles. The van der Waals surface area contributed by atoms with Crippen molar-refractivity contribution in [3.05, 3.63) is 78.2 Å². The van der Waals surface area contributed by atoms with Gasteiger partial charge >= 0.3 is 5.97 Å². The summed E-state index contributed by atoms with van der Waals surface area (Å²) in [4.78, 5) is 34.9. The minimum absolute atomic E-state index is 0.142. The molecule has 7 nitrogen and oxygen atoms in total. The summed E-state index contributed by atoms with van der Waals surface area (Å²) < 4.78 is 5.02. The largest absolute Gasteiger partial charge is 0.462 e. The second-order valence-corrected chi connectivity index (χ2v) is 5.87. The molecule has 1 N–H and O–H groups in total. The smallest absolute Gasteiger partial charge is 0.340 e. The highest BCUT2D eigenvalue weighted by Crippen LogP contribution is 2.21. The molecule has 0 unspecified atom stereocenters. The van der Waals surface area contributed by atoms with Gasteiger partial charge < -0.3 is 15.0 Å². The Bertz CT molecular complexity index is 959. The van der Waals surface area contributed by atoms with Crippen molar-refractivity contribution in [2.45, 2.75) is 6.92 Å². The van der Waals surface area contributed by atoms with E-state index in [4.69, 9.17) is 4.74 Å². The Balaban J connectivity index is 1.75. The van der Waals surface area contributed by atoms with E-state index >= 15 is 0 Å². The molecule has 7 heteroatoms. The Labute approximate surface area is 163 Å². The molecule has 0 radical (unpaired) electrons. The molecule has 3 rings (SSSR count). The number of para-hydroxylation sites is 2. The lowest BCUT2D eigenvalue weighted by Crippen LogP contribution is -2.18. The fourth-order valence-corrected chi connectivity index (χ4v) is 2.56. The number of ether oxygens (including phenoxy) is 1. The maximum Gasteiger partial charge on any atom is 0.340 e. The molecule has 3 aromatic rings. The number of benzene rings is 2. The van der Waals surface area contributed by atoms with Crippen molar-refractivity contribution in [3.63, 3.8) is 0 Å². The van der Waals surface area contributed by atoms with E-state index in [1.165, 1.54) is 12.4 Å². The Morgan fingerprint density at radius 3 is 2.39 bits per heavy atom. The van der Waals surface area contributed by atoms with Crippen LogP contribution in [0.5, 0.6) is 0 Å². The van der Waals surface area contributed by atoms with E-state index in [9.17, 15) is 9.59 Å². The second kappa shape index (κ2) is 8.77. The first-order valence-corrected chi connectivity index (χ1v) is 8.78. The minimum Gasteiger partial charge on any atom is -0.462 e. The van der Waals surface area contributed by atoms with Crippen LogP contribution in [-0.2, 0) is 4.74 Å². The summed E-state index contributed by atoms with van der Waals surface area (Å²) in [6.07, 6.45) is 2.93. The van der Waals surface area contributed by atoms with Gasteiger partial charge in [-0.2, -0.15) is 0 Å². The van der Waals surface area contributed by atoms with Gasteiger partial charge in [0.2, 0.25) is 0 Å². The van der Waals surface area contributed by atoms with E-state index in [2.05, 4.69) is 15.3 Å². The van der Waals surface area contributed by atoms with E-state index in [-0.39, 0.29) is 17.9 Å². The van der Waals surface area contributed by atoms with Crippen molar-refractivity contribution >= 4 is 29.1 Å². The first kappa shape index (κ1) is 19.0. The Kier molecular flexibility index (Phi) is 5.96. The van der Waals surface area contributed by atoms with Crippen molar-refractivity contribution in [3.8, 4) is 0 Å². The normalized spacial score (nSPS) is 10.2. The van der Waals surface area contributed by atoms with Gasteiger partial charge in [-0.25, -0.2) is 14.8 Å². The number of aromatic nitrogens is 2. The topological polar surface area (TPSA) is 84.4 Å². The predicted octanol–water partition coefficient (Wildman–Crippen LogP) is 3.67. The summed E-state index contributed by atoms with van der Waals surface area (Å²) >= 11 is 0. The average Bonchev–Trinajstić information content (AvgIpc) is 2.74. The number of carbonyl (C=O) groups is 2. The molecule has 0 atom stereocenters. The molecule has 0 saturated carbocycles. The number of hydrogen-bond acceptors (Lipinski definition) is 6. The molecular formula is C21H20N4O3. The van der Waals surface area contributed by atoms with Crippen LogP contribution in [0.25, 0.3) is 0 Å². The summed E-state index contributed by atoms with van der Waals surface area (Å²) in [5.74, 6) is -0.350. The van der Waals surface area contributed by atoms with Crippen LogP contribution in [0.4, 0.5) is 17.2 Å². The van der Waals surface area contributed by atoms with Crippen LogP contribution in [-0.4, -0.2) is 35.5 Å². The van der Waals surface area contributed by atoms with Gasteiger partial charge in [-0.1, -0.05) is 30.3 Å². The maximum atomic E-state index is 12.5. The van der Waals surface area contributed by atoms with Gasteiger partial charge in [0.15, 0.2) is 5.82 Å². The summed E-state index contributed by atoms with van der Waals surface area (Å²) in [5, 5.41) is 2.69. The van der Waals surface area contributed by atoms with Crippen LogP contribution in [0, 0.1) is 0 Å². The molecule has 1 aromatic heterocycles. The Morgan fingerprint density at radius 2 is 1.71 bits per heavy atom. The van der Waals surface area contributed by atoms with Gasteiger partial charge in [-0.05, 0) is 31.2 Å². The van der Waals surface area contributed by atoms with Gasteiger partial charge in [0.25, 0.3) is 5.91 Å². The summed E-state index contributed by atoms with van der Waals surface area (Å²) in [5.41, 5.74) is 1.74. The zero-order valence-corrected chi connectivity index (χ0v) is 15.6. The second-order valence-electron chi connectivity index (χ2n) is 5.87.